The third kappa shape index (κ3) is 3.80. The van der Waals surface area contributed by atoms with Gasteiger partial charge in [-0.05, 0) is 54.2 Å². The van der Waals surface area contributed by atoms with Gasteiger partial charge in [0.1, 0.15) is 11.8 Å². The lowest BCUT2D eigenvalue weighted by Crippen LogP contribution is -2.60. The van der Waals surface area contributed by atoms with Crippen molar-refractivity contribution in [2.45, 2.75) is 43.2 Å². The van der Waals surface area contributed by atoms with E-state index in [1.807, 2.05) is 53.4 Å². The lowest BCUT2D eigenvalue weighted by Gasteiger charge is -2.48. The molecule has 4 unspecified atom stereocenters. The SMILES string of the molecule is NC(CC=O)(C(=O)O)C1c2ccccc2N(C(=O)c2cccc(-c3ccnnc3)c2)C2CCCC21. The highest BCUT2D eigenvalue weighted by atomic mass is 16.4. The van der Waals surface area contributed by atoms with Gasteiger partial charge in [0.15, 0.2) is 0 Å². The van der Waals surface area contributed by atoms with Gasteiger partial charge < -0.3 is 20.5 Å². The highest BCUT2D eigenvalue weighted by Gasteiger charge is 2.55. The summed E-state index contributed by atoms with van der Waals surface area (Å²) in [5.74, 6) is -2.09. The number of carboxylic acid groups (broad SMARTS) is 1. The van der Waals surface area contributed by atoms with E-state index in [0.29, 0.717) is 23.1 Å². The molecule has 1 fully saturated rings. The monoisotopic (exact) mass is 470 g/mol. The zero-order valence-electron chi connectivity index (χ0n) is 19.1. The number of aromatic nitrogens is 2. The van der Waals surface area contributed by atoms with Crippen LogP contribution in [0.3, 0.4) is 0 Å². The fourth-order valence-corrected chi connectivity index (χ4v) is 5.89. The van der Waals surface area contributed by atoms with Crippen LogP contribution in [0.25, 0.3) is 11.1 Å². The van der Waals surface area contributed by atoms with E-state index in [4.69, 9.17) is 5.73 Å². The Balaban J connectivity index is 1.61. The van der Waals surface area contributed by atoms with Crippen LogP contribution in [0.15, 0.2) is 67.0 Å². The fourth-order valence-electron chi connectivity index (χ4n) is 5.89. The zero-order chi connectivity index (χ0) is 24.6. The number of anilines is 1. The largest absolute Gasteiger partial charge is 0.480 e. The fraction of sp³-hybridized carbons (Fsp3) is 0.296. The highest BCUT2D eigenvalue weighted by molar-refractivity contribution is 6.08. The van der Waals surface area contributed by atoms with Crippen LogP contribution in [0.1, 0.15) is 47.5 Å². The van der Waals surface area contributed by atoms with E-state index in [1.165, 1.54) is 0 Å². The van der Waals surface area contributed by atoms with Crippen LogP contribution in [0.4, 0.5) is 5.69 Å². The van der Waals surface area contributed by atoms with Crippen molar-refractivity contribution in [1.29, 1.82) is 0 Å². The first-order chi connectivity index (χ1) is 17.0. The molecule has 1 saturated carbocycles. The number of para-hydroxylation sites is 1. The Morgan fingerprint density at radius 1 is 1.09 bits per heavy atom. The average molecular weight is 471 g/mol. The van der Waals surface area contributed by atoms with Crippen molar-refractivity contribution in [1.82, 2.24) is 10.2 Å². The maximum absolute atomic E-state index is 14.0. The molecule has 2 aliphatic rings. The van der Waals surface area contributed by atoms with Crippen LogP contribution in [0, 0.1) is 5.92 Å². The number of benzene rings is 2. The highest BCUT2D eigenvalue weighted by Crippen LogP contribution is 2.53. The standard InChI is InChI=1S/C27H26N4O4/c28-27(12-14-32,26(34)35)24-20-7-1-2-9-22(20)31(23-10-4-8-21(23)24)25(33)18-6-3-5-17(15-18)19-11-13-29-30-16-19/h1-3,5-7,9,11,13-16,21,23-24H,4,8,10,12,28H2,(H,34,35). The summed E-state index contributed by atoms with van der Waals surface area (Å²) >= 11 is 0. The minimum absolute atomic E-state index is 0.148. The van der Waals surface area contributed by atoms with E-state index >= 15 is 0 Å². The molecule has 4 atom stereocenters. The lowest BCUT2D eigenvalue weighted by atomic mass is 9.66. The maximum Gasteiger partial charge on any atom is 0.324 e. The van der Waals surface area contributed by atoms with Crippen LogP contribution >= 0.6 is 0 Å². The van der Waals surface area contributed by atoms with Gasteiger partial charge in [-0.1, -0.05) is 36.8 Å². The molecule has 1 aliphatic heterocycles. The molecule has 0 radical (unpaired) electrons. The topological polar surface area (TPSA) is 126 Å². The number of fused-ring (bicyclic) bond motifs is 2. The van der Waals surface area contributed by atoms with Crippen LogP contribution in [0.2, 0.25) is 0 Å². The van der Waals surface area contributed by atoms with E-state index < -0.39 is 17.4 Å². The van der Waals surface area contributed by atoms with Crippen LogP contribution in [-0.4, -0.2) is 45.0 Å². The summed E-state index contributed by atoms with van der Waals surface area (Å²) in [4.78, 5) is 39.6. The minimum atomic E-state index is -1.74. The van der Waals surface area contributed by atoms with Crippen molar-refractivity contribution in [3.8, 4) is 11.1 Å². The molecule has 8 nitrogen and oxygen atoms in total. The van der Waals surface area contributed by atoms with E-state index in [9.17, 15) is 19.5 Å². The van der Waals surface area contributed by atoms with Crippen molar-refractivity contribution in [2.24, 2.45) is 11.7 Å². The quantitative estimate of drug-likeness (QED) is 0.529. The van der Waals surface area contributed by atoms with Crippen LogP contribution in [-0.2, 0) is 9.59 Å². The second kappa shape index (κ2) is 9.03. The molecule has 3 aromatic rings. The van der Waals surface area contributed by atoms with Crippen molar-refractivity contribution in [3.63, 3.8) is 0 Å². The van der Waals surface area contributed by atoms with Crippen molar-refractivity contribution in [2.75, 3.05) is 4.90 Å². The summed E-state index contributed by atoms with van der Waals surface area (Å²) < 4.78 is 0. The third-order valence-corrected chi connectivity index (χ3v) is 7.44. The summed E-state index contributed by atoms with van der Waals surface area (Å²) in [6, 6.07) is 16.4. The van der Waals surface area contributed by atoms with E-state index in [-0.39, 0.29) is 24.3 Å². The second-order valence-electron chi connectivity index (χ2n) is 9.30. The third-order valence-electron chi connectivity index (χ3n) is 7.44. The number of rotatable bonds is 6. The number of hydrogen-bond acceptors (Lipinski definition) is 6. The number of carboxylic acids is 1. The zero-order valence-corrected chi connectivity index (χ0v) is 19.1. The van der Waals surface area contributed by atoms with E-state index in [0.717, 1.165) is 30.4 Å². The number of hydrogen-bond donors (Lipinski definition) is 2. The van der Waals surface area contributed by atoms with Gasteiger partial charge in [0, 0.05) is 35.2 Å². The number of amides is 1. The van der Waals surface area contributed by atoms with Gasteiger partial charge in [-0.25, -0.2) is 0 Å². The van der Waals surface area contributed by atoms with Gasteiger partial charge in [0.2, 0.25) is 0 Å². The van der Waals surface area contributed by atoms with Gasteiger partial charge in [-0.3, -0.25) is 9.59 Å². The first kappa shape index (κ1) is 22.9. The van der Waals surface area contributed by atoms with Gasteiger partial charge >= 0.3 is 5.97 Å². The number of carbonyl (C=O) groups excluding carboxylic acids is 2. The lowest BCUT2D eigenvalue weighted by molar-refractivity contribution is -0.146. The van der Waals surface area contributed by atoms with Crippen LogP contribution < -0.4 is 10.6 Å². The summed E-state index contributed by atoms with van der Waals surface area (Å²) in [5.41, 5.74) is 8.33. The van der Waals surface area contributed by atoms with Crippen molar-refractivity contribution in [3.05, 3.63) is 78.1 Å². The van der Waals surface area contributed by atoms with Gasteiger partial charge in [-0.2, -0.15) is 10.2 Å². The predicted octanol–water partition coefficient (Wildman–Crippen LogP) is 3.43. The molecular formula is C27H26N4O4. The number of aliphatic carboxylic acids is 1. The Morgan fingerprint density at radius 3 is 2.66 bits per heavy atom. The molecule has 178 valence electrons. The Labute approximate surface area is 202 Å². The molecule has 2 aromatic carbocycles. The molecule has 0 spiro atoms. The number of nitrogens with two attached hydrogens (primary N) is 1. The summed E-state index contributed by atoms with van der Waals surface area (Å²) in [6.45, 7) is 0. The maximum atomic E-state index is 14.0. The average Bonchev–Trinajstić information content (AvgIpc) is 3.36. The molecule has 3 N–H and O–H groups in total. The Morgan fingerprint density at radius 2 is 1.91 bits per heavy atom. The number of aldehydes is 1. The van der Waals surface area contributed by atoms with Gasteiger partial charge in [0.25, 0.3) is 5.91 Å². The first-order valence-electron chi connectivity index (χ1n) is 11.7. The van der Waals surface area contributed by atoms with Crippen LogP contribution in [0.5, 0.6) is 0 Å². The summed E-state index contributed by atoms with van der Waals surface area (Å²) in [5, 5.41) is 17.8. The smallest absolute Gasteiger partial charge is 0.324 e. The Kier molecular flexibility index (Phi) is 5.90. The molecule has 2 heterocycles. The van der Waals surface area contributed by atoms with Crippen molar-refractivity contribution >= 4 is 23.9 Å². The van der Waals surface area contributed by atoms with E-state index in [1.54, 1.807) is 18.5 Å². The molecule has 1 amide bonds. The molecular weight excluding hydrogens is 444 g/mol. The summed E-state index contributed by atoms with van der Waals surface area (Å²) in [6.07, 6.45) is 5.88. The van der Waals surface area contributed by atoms with Gasteiger partial charge in [-0.15, -0.1) is 0 Å². The molecule has 1 aliphatic carbocycles. The molecule has 35 heavy (non-hydrogen) atoms. The molecule has 0 saturated heterocycles. The Bertz CT molecular complexity index is 1280. The summed E-state index contributed by atoms with van der Waals surface area (Å²) in [7, 11) is 0. The number of carbonyl (C=O) groups is 3. The minimum Gasteiger partial charge on any atom is -0.480 e. The molecule has 8 heteroatoms. The van der Waals surface area contributed by atoms with Gasteiger partial charge in [0.05, 0.1) is 12.4 Å². The molecule has 5 rings (SSSR count). The second-order valence-corrected chi connectivity index (χ2v) is 9.30. The first-order valence-corrected chi connectivity index (χ1v) is 11.7. The number of nitrogens with zero attached hydrogens (tertiary/aromatic N) is 3. The molecule has 0 bridgehead atoms. The van der Waals surface area contributed by atoms with Crippen molar-refractivity contribution < 1.29 is 19.5 Å². The normalized spacial score (nSPS) is 22.5. The van der Waals surface area contributed by atoms with E-state index in [2.05, 4.69) is 10.2 Å². The molecule has 1 aromatic heterocycles. The predicted molar refractivity (Wildman–Crippen MR) is 130 cm³/mol. The Hall–Kier alpha value is -3.91.